The minimum atomic E-state index is -0.873. The number of aliphatic hydroxyl groups excluding tert-OH is 1. The number of hydrogen-bond acceptors (Lipinski definition) is 3. The monoisotopic (exact) mass is 171 g/mol. The molecule has 4 heteroatoms. The van der Waals surface area contributed by atoms with Gasteiger partial charge in [-0.05, 0) is 12.1 Å². The lowest BCUT2D eigenvalue weighted by Gasteiger charge is -1.97. The Morgan fingerprint density at radius 1 is 1.55 bits per heavy atom. The highest BCUT2D eigenvalue weighted by atomic mass is 35.5. The van der Waals surface area contributed by atoms with Crippen LogP contribution in [0.4, 0.5) is 5.69 Å². The molecule has 0 aromatic heterocycles. The molecule has 1 unspecified atom stereocenters. The van der Waals surface area contributed by atoms with Crippen LogP contribution in [0.1, 0.15) is 11.9 Å². The molecule has 0 aliphatic carbocycles. The first-order valence-electron chi connectivity index (χ1n) is 3.16. The van der Waals surface area contributed by atoms with Crippen molar-refractivity contribution in [1.82, 2.24) is 0 Å². The summed E-state index contributed by atoms with van der Waals surface area (Å²) in [5.74, 6) is 0. The van der Waals surface area contributed by atoms with Crippen molar-refractivity contribution in [3.05, 3.63) is 28.8 Å². The van der Waals surface area contributed by atoms with Crippen molar-refractivity contribution in [2.24, 2.45) is 0 Å². The van der Waals surface area contributed by atoms with E-state index in [0.29, 0.717) is 5.02 Å². The molecule has 1 aliphatic rings. The average Bonchev–Trinajstić information content (AvgIpc) is 2.32. The molecule has 1 atom stereocenters. The quantitative estimate of drug-likeness (QED) is 0.624. The van der Waals surface area contributed by atoms with Crippen LogP contribution in [0.3, 0.4) is 0 Å². The van der Waals surface area contributed by atoms with Crippen LogP contribution in [-0.4, -0.2) is 5.11 Å². The van der Waals surface area contributed by atoms with Gasteiger partial charge in [-0.25, -0.2) is 4.84 Å². The van der Waals surface area contributed by atoms with Gasteiger partial charge in [0.25, 0.3) is 0 Å². The first kappa shape index (κ1) is 6.91. The van der Waals surface area contributed by atoms with E-state index in [2.05, 4.69) is 5.48 Å². The third-order valence-corrected chi connectivity index (χ3v) is 1.80. The van der Waals surface area contributed by atoms with Gasteiger partial charge in [0.1, 0.15) is 0 Å². The maximum atomic E-state index is 9.14. The summed E-state index contributed by atoms with van der Waals surface area (Å²) in [5.41, 5.74) is 4.00. The van der Waals surface area contributed by atoms with Crippen molar-refractivity contribution in [3.63, 3.8) is 0 Å². The average molecular weight is 172 g/mol. The van der Waals surface area contributed by atoms with E-state index in [1.807, 2.05) is 0 Å². The molecule has 0 amide bonds. The van der Waals surface area contributed by atoms with Crippen LogP contribution in [-0.2, 0) is 4.84 Å². The molecule has 3 nitrogen and oxygen atoms in total. The Labute approximate surface area is 68.5 Å². The minimum absolute atomic E-state index is 0.619. The summed E-state index contributed by atoms with van der Waals surface area (Å²) < 4.78 is 0. The second-order valence-electron chi connectivity index (χ2n) is 2.30. The molecule has 1 heterocycles. The number of aliphatic hydroxyl groups is 1. The van der Waals surface area contributed by atoms with Gasteiger partial charge in [0, 0.05) is 10.6 Å². The van der Waals surface area contributed by atoms with Gasteiger partial charge in [0.15, 0.2) is 0 Å². The largest absolute Gasteiger partial charge is 0.362 e. The van der Waals surface area contributed by atoms with Crippen molar-refractivity contribution in [1.29, 1.82) is 0 Å². The van der Waals surface area contributed by atoms with Crippen LogP contribution < -0.4 is 5.48 Å². The normalized spacial score (nSPS) is 21.1. The number of rotatable bonds is 0. The number of anilines is 1. The summed E-state index contributed by atoms with van der Waals surface area (Å²) in [6.45, 7) is 0. The van der Waals surface area contributed by atoms with E-state index >= 15 is 0 Å². The van der Waals surface area contributed by atoms with Crippen molar-refractivity contribution in [2.45, 2.75) is 6.29 Å². The number of fused-ring (bicyclic) bond motifs is 1. The van der Waals surface area contributed by atoms with E-state index in [1.165, 1.54) is 0 Å². The maximum absolute atomic E-state index is 9.14. The van der Waals surface area contributed by atoms with Gasteiger partial charge in [0.05, 0.1) is 5.69 Å². The van der Waals surface area contributed by atoms with Crippen molar-refractivity contribution >= 4 is 17.3 Å². The van der Waals surface area contributed by atoms with E-state index in [9.17, 15) is 0 Å². The lowest BCUT2D eigenvalue weighted by molar-refractivity contribution is -0.0632. The van der Waals surface area contributed by atoms with Crippen molar-refractivity contribution in [2.75, 3.05) is 5.48 Å². The van der Waals surface area contributed by atoms with Crippen LogP contribution in [0, 0.1) is 0 Å². The third-order valence-electron chi connectivity index (χ3n) is 1.56. The lowest BCUT2D eigenvalue weighted by Crippen LogP contribution is -1.94. The van der Waals surface area contributed by atoms with Crippen molar-refractivity contribution in [3.8, 4) is 0 Å². The molecule has 58 valence electrons. The van der Waals surface area contributed by atoms with Gasteiger partial charge in [-0.2, -0.15) is 0 Å². The number of benzene rings is 1. The number of halogens is 1. The summed E-state index contributed by atoms with van der Waals surface area (Å²) in [6.07, 6.45) is -0.873. The molecule has 0 fully saturated rings. The fraction of sp³-hybridized carbons (Fsp3) is 0.143. The highest BCUT2D eigenvalue weighted by Crippen LogP contribution is 2.32. The zero-order valence-corrected chi connectivity index (χ0v) is 6.30. The Morgan fingerprint density at radius 3 is 3.18 bits per heavy atom. The molecule has 1 aromatic rings. The predicted molar refractivity (Wildman–Crippen MR) is 41.1 cm³/mol. The van der Waals surface area contributed by atoms with E-state index in [-0.39, 0.29) is 0 Å². The molecule has 11 heavy (non-hydrogen) atoms. The first-order chi connectivity index (χ1) is 5.27. The molecule has 0 saturated heterocycles. The molecule has 2 N–H and O–H groups in total. The Bertz CT molecular complexity index is 290. The maximum Gasteiger partial charge on any atom is 0.209 e. The summed E-state index contributed by atoms with van der Waals surface area (Å²) in [7, 11) is 0. The third kappa shape index (κ3) is 1.07. The standard InChI is InChI=1S/C7H6ClNO2/c8-4-1-2-5-6(3-4)9-11-7(5)10/h1-3,7,9-10H. The van der Waals surface area contributed by atoms with Crippen LogP contribution in [0.25, 0.3) is 0 Å². The topological polar surface area (TPSA) is 41.5 Å². The van der Waals surface area contributed by atoms with E-state index in [0.717, 1.165) is 11.3 Å². The van der Waals surface area contributed by atoms with Crippen LogP contribution in [0.2, 0.25) is 5.02 Å². The zero-order chi connectivity index (χ0) is 7.84. The van der Waals surface area contributed by atoms with Crippen LogP contribution in [0.5, 0.6) is 0 Å². The Morgan fingerprint density at radius 2 is 2.36 bits per heavy atom. The van der Waals surface area contributed by atoms with Gasteiger partial charge in [-0.15, -0.1) is 0 Å². The molecule has 1 aliphatic heterocycles. The molecule has 0 saturated carbocycles. The van der Waals surface area contributed by atoms with Gasteiger partial charge in [0.2, 0.25) is 6.29 Å². The summed E-state index contributed by atoms with van der Waals surface area (Å²) in [4.78, 5) is 4.73. The van der Waals surface area contributed by atoms with E-state index in [4.69, 9.17) is 21.5 Å². The van der Waals surface area contributed by atoms with Gasteiger partial charge < -0.3 is 5.11 Å². The van der Waals surface area contributed by atoms with Gasteiger partial charge in [-0.3, -0.25) is 5.48 Å². The molecule has 0 bridgehead atoms. The number of hydrogen-bond donors (Lipinski definition) is 2. The predicted octanol–water partition coefficient (Wildman–Crippen LogP) is 1.69. The zero-order valence-electron chi connectivity index (χ0n) is 5.54. The Kier molecular flexibility index (Phi) is 1.49. The smallest absolute Gasteiger partial charge is 0.209 e. The van der Waals surface area contributed by atoms with Crippen LogP contribution >= 0.6 is 11.6 Å². The number of nitrogens with one attached hydrogen (secondary N) is 1. The summed E-state index contributed by atoms with van der Waals surface area (Å²) in [5, 5.41) is 9.76. The molecule has 0 radical (unpaired) electrons. The molecular formula is C7H6ClNO2. The SMILES string of the molecule is OC1ONc2cc(Cl)ccc21. The van der Waals surface area contributed by atoms with E-state index < -0.39 is 6.29 Å². The second-order valence-corrected chi connectivity index (χ2v) is 2.74. The first-order valence-corrected chi connectivity index (χ1v) is 3.54. The molecule has 0 spiro atoms. The highest BCUT2D eigenvalue weighted by Gasteiger charge is 2.20. The fourth-order valence-corrected chi connectivity index (χ4v) is 1.19. The fourth-order valence-electron chi connectivity index (χ4n) is 1.02. The molecular weight excluding hydrogens is 166 g/mol. The van der Waals surface area contributed by atoms with Crippen LogP contribution in [0.15, 0.2) is 18.2 Å². The Balaban J connectivity index is 2.50. The van der Waals surface area contributed by atoms with Crippen molar-refractivity contribution < 1.29 is 9.94 Å². The highest BCUT2D eigenvalue weighted by molar-refractivity contribution is 6.30. The molecule has 2 rings (SSSR count). The molecule has 1 aromatic carbocycles. The minimum Gasteiger partial charge on any atom is -0.362 e. The summed E-state index contributed by atoms with van der Waals surface area (Å²) in [6, 6.07) is 5.13. The second kappa shape index (κ2) is 2.37. The Hall–Kier alpha value is -0.770. The van der Waals surface area contributed by atoms with E-state index in [1.54, 1.807) is 18.2 Å². The summed E-state index contributed by atoms with van der Waals surface area (Å²) >= 11 is 5.69. The van der Waals surface area contributed by atoms with Gasteiger partial charge >= 0.3 is 0 Å². The lowest BCUT2D eigenvalue weighted by atomic mass is 10.2. The van der Waals surface area contributed by atoms with Gasteiger partial charge in [-0.1, -0.05) is 17.7 Å².